The molecule has 0 aliphatic heterocycles. The van der Waals surface area contributed by atoms with Gasteiger partial charge in [0.05, 0.1) is 17.3 Å². The zero-order valence-corrected chi connectivity index (χ0v) is 16.7. The van der Waals surface area contributed by atoms with Gasteiger partial charge in [-0.15, -0.1) is 11.3 Å². The molecule has 0 aliphatic carbocycles. The van der Waals surface area contributed by atoms with Crippen LogP contribution in [0.25, 0.3) is 10.4 Å². The maximum absolute atomic E-state index is 12.7. The highest BCUT2D eigenvalue weighted by Gasteiger charge is 2.25. The molecule has 3 aromatic rings. The van der Waals surface area contributed by atoms with E-state index in [4.69, 9.17) is 9.05 Å². The Kier molecular flexibility index (Phi) is 5.00. The van der Waals surface area contributed by atoms with Crippen LogP contribution >= 0.6 is 11.3 Å². The Bertz CT molecular complexity index is 997. The minimum Gasteiger partial charge on any atom is -0.361 e. The molecule has 3 heterocycles. The first-order valence-electron chi connectivity index (χ1n) is 8.08. The summed E-state index contributed by atoms with van der Waals surface area (Å²) in [6.45, 7) is 9.15. The van der Waals surface area contributed by atoms with Crippen LogP contribution in [-0.2, 0) is 10.0 Å². The molecule has 3 aromatic heterocycles. The van der Waals surface area contributed by atoms with Crippen LogP contribution in [0.2, 0.25) is 0 Å². The van der Waals surface area contributed by atoms with Gasteiger partial charge in [0.1, 0.15) is 9.97 Å². The number of sulfonamides is 1. The number of hydrogen-bond acceptors (Lipinski definition) is 8. The molecule has 10 heteroatoms. The maximum Gasteiger partial charge on any atom is 0.250 e. The summed E-state index contributed by atoms with van der Waals surface area (Å²) in [6, 6.07) is 2.68. The number of nitrogens with zero attached hydrogens (tertiary/aromatic N) is 3. The third-order valence-corrected chi connectivity index (χ3v) is 6.94. The summed E-state index contributed by atoms with van der Waals surface area (Å²) < 4.78 is 38.4. The van der Waals surface area contributed by atoms with Gasteiger partial charge in [0.2, 0.25) is 5.89 Å². The number of aromatic nitrogens is 3. The van der Waals surface area contributed by atoms with E-state index >= 15 is 0 Å². The molecule has 26 heavy (non-hydrogen) atoms. The van der Waals surface area contributed by atoms with E-state index in [9.17, 15) is 8.42 Å². The highest BCUT2D eigenvalue weighted by atomic mass is 32.2. The van der Waals surface area contributed by atoms with Crippen LogP contribution in [0, 0.1) is 13.8 Å². The van der Waals surface area contributed by atoms with Crippen LogP contribution in [0.5, 0.6) is 0 Å². The van der Waals surface area contributed by atoms with Crippen LogP contribution < -0.4 is 4.72 Å². The molecule has 0 bridgehead atoms. The molecule has 0 fully saturated rings. The van der Waals surface area contributed by atoms with Crippen LogP contribution in [0.15, 0.2) is 25.4 Å². The van der Waals surface area contributed by atoms with Crippen molar-refractivity contribution >= 4 is 21.4 Å². The first-order valence-corrected chi connectivity index (χ1v) is 10.4. The Morgan fingerprint density at radius 2 is 1.85 bits per heavy atom. The standard InChI is InChI=1S/C16H20N4O4S2/c1-8(2)15-17-16(24-19-15)10(4)20-26(21,22)13-7-6-12(25-13)14-9(3)18-23-11(14)5/h6-8,10,20H,1-5H3/t10-/m0/s1. The summed E-state index contributed by atoms with van der Waals surface area (Å²) in [5.41, 5.74) is 1.55. The first-order chi connectivity index (χ1) is 12.2. The van der Waals surface area contributed by atoms with Gasteiger partial charge < -0.3 is 9.05 Å². The Hall–Kier alpha value is -2.04. The molecule has 0 saturated heterocycles. The maximum atomic E-state index is 12.7. The summed E-state index contributed by atoms with van der Waals surface area (Å²) in [4.78, 5) is 5.02. The lowest BCUT2D eigenvalue weighted by molar-refractivity contribution is 0.348. The highest BCUT2D eigenvalue weighted by Crippen LogP contribution is 2.35. The molecule has 1 N–H and O–H groups in total. The number of hydrogen-bond donors (Lipinski definition) is 1. The third kappa shape index (κ3) is 3.57. The fourth-order valence-corrected chi connectivity index (χ4v) is 5.10. The van der Waals surface area contributed by atoms with Crippen LogP contribution in [0.3, 0.4) is 0 Å². The molecule has 140 valence electrons. The fraction of sp³-hybridized carbons (Fsp3) is 0.438. The van der Waals surface area contributed by atoms with Gasteiger partial charge in [-0.3, -0.25) is 0 Å². The Balaban J connectivity index is 1.82. The molecule has 0 radical (unpaired) electrons. The number of nitrogens with one attached hydrogen (secondary N) is 1. The van der Waals surface area contributed by atoms with Crippen molar-refractivity contribution in [1.29, 1.82) is 0 Å². The Morgan fingerprint density at radius 1 is 1.12 bits per heavy atom. The van der Waals surface area contributed by atoms with Gasteiger partial charge in [-0.25, -0.2) is 8.42 Å². The predicted octanol–water partition coefficient (Wildman–Crippen LogP) is 3.57. The van der Waals surface area contributed by atoms with E-state index < -0.39 is 16.1 Å². The molecular weight excluding hydrogens is 376 g/mol. The Labute approximate surface area is 155 Å². The predicted molar refractivity (Wildman–Crippen MR) is 96.4 cm³/mol. The average Bonchev–Trinajstić information content (AvgIpc) is 3.26. The molecule has 0 amide bonds. The van der Waals surface area contributed by atoms with Crippen LogP contribution in [0.1, 0.15) is 55.9 Å². The van der Waals surface area contributed by atoms with E-state index in [0.29, 0.717) is 11.6 Å². The third-order valence-electron chi connectivity index (χ3n) is 3.80. The van der Waals surface area contributed by atoms with E-state index in [1.807, 2.05) is 20.8 Å². The van der Waals surface area contributed by atoms with Crippen molar-refractivity contribution in [1.82, 2.24) is 20.0 Å². The zero-order valence-electron chi connectivity index (χ0n) is 15.1. The van der Waals surface area contributed by atoms with E-state index in [-0.39, 0.29) is 16.0 Å². The van der Waals surface area contributed by atoms with Crippen molar-refractivity contribution in [3.8, 4) is 10.4 Å². The minimum absolute atomic E-state index is 0.103. The molecule has 1 atom stereocenters. The fourth-order valence-electron chi connectivity index (χ4n) is 2.43. The molecule has 0 unspecified atom stereocenters. The summed E-state index contributed by atoms with van der Waals surface area (Å²) in [5.74, 6) is 1.54. The van der Waals surface area contributed by atoms with E-state index in [0.717, 1.165) is 27.5 Å². The van der Waals surface area contributed by atoms with Gasteiger partial charge in [-0.2, -0.15) is 9.71 Å². The number of rotatable bonds is 6. The summed E-state index contributed by atoms with van der Waals surface area (Å²) >= 11 is 1.16. The van der Waals surface area contributed by atoms with Gasteiger partial charge in [-0.1, -0.05) is 24.2 Å². The molecule has 0 aliphatic rings. The summed E-state index contributed by atoms with van der Waals surface area (Å²) in [5, 5.41) is 7.77. The largest absolute Gasteiger partial charge is 0.361 e. The van der Waals surface area contributed by atoms with Crippen molar-refractivity contribution in [2.45, 2.75) is 50.8 Å². The lowest BCUT2D eigenvalue weighted by Gasteiger charge is -2.08. The SMILES string of the molecule is Cc1noc(C)c1-c1ccc(S(=O)(=O)N[C@@H](C)c2nc(C(C)C)no2)s1. The van der Waals surface area contributed by atoms with Gasteiger partial charge in [-0.05, 0) is 32.9 Å². The second-order valence-electron chi connectivity index (χ2n) is 6.31. The second kappa shape index (κ2) is 6.93. The van der Waals surface area contributed by atoms with Gasteiger partial charge in [0.15, 0.2) is 5.82 Å². The Morgan fingerprint density at radius 3 is 2.42 bits per heavy atom. The molecule has 8 nitrogen and oxygen atoms in total. The van der Waals surface area contributed by atoms with Crippen molar-refractivity contribution in [3.05, 3.63) is 35.3 Å². The van der Waals surface area contributed by atoms with Crippen LogP contribution in [-0.4, -0.2) is 23.7 Å². The highest BCUT2D eigenvalue weighted by molar-refractivity contribution is 7.91. The van der Waals surface area contributed by atoms with E-state index in [1.54, 1.807) is 26.0 Å². The molecule has 0 aromatic carbocycles. The molecule has 3 rings (SSSR count). The smallest absolute Gasteiger partial charge is 0.250 e. The van der Waals surface area contributed by atoms with Gasteiger partial charge in [0, 0.05) is 10.8 Å². The summed E-state index contributed by atoms with van der Waals surface area (Å²) in [6.07, 6.45) is 0. The normalized spacial score (nSPS) is 13.5. The van der Waals surface area contributed by atoms with Gasteiger partial charge >= 0.3 is 0 Å². The monoisotopic (exact) mass is 396 g/mol. The van der Waals surface area contributed by atoms with Crippen LogP contribution in [0.4, 0.5) is 0 Å². The lowest BCUT2D eigenvalue weighted by atomic mass is 10.2. The van der Waals surface area contributed by atoms with Crippen molar-refractivity contribution in [2.75, 3.05) is 0 Å². The molecular formula is C16H20N4O4S2. The van der Waals surface area contributed by atoms with E-state index in [1.165, 1.54) is 0 Å². The van der Waals surface area contributed by atoms with Gasteiger partial charge in [0.25, 0.3) is 10.0 Å². The zero-order chi connectivity index (χ0) is 19.1. The van der Waals surface area contributed by atoms with E-state index in [2.05, 4.69) is 20.0 Å². The second-order valence-corrected chi connectivity index (χ2v) is 9.33. The first kappa shape index (κ1) is 18.7. The molecule has 0 spiro atoms. The lowest BCUT2D eigenvalue weighted by Crippen LogP contribution is -2.26. The minimum atomic E-state index is -3.72. The topological polar surface area (TPSA) is 111 Å². The summed E-state index contributed by atoms with van der Waals surface area (Å²) in [7, 11) is -3.72. The van der Waals surface area contributed by atoms with Crippen molar-refractivity contribution in [2.24, 2.45) is 0 Å². The van der Waals surface area contributed by atoms with Crippen molar-refractivity contribution < 1.29 is 17.5 Å². The number of aryl methyl sites for hydroxylation is 2. The quantitative estimate of drug-likeness (QED) is 0.678. The average molecular weight is 396 g/mol. The van der Waals surface area contributed by atoms with Crippen molar-refractivity contribution in [3.63, 3.8) is 0 Å². The molecule has 0 saturated carbocycles. The number of thiophene rings is 1.